The highest BCUT2D eigenvalue weighted by atomic mass is 19.1. The fraction of sp³-hybridized carbons (Fsp3) is 1.00. The molecule has 96 valence electrons. The van der Waals surface area contributed by atoms with Crippen LogP contribution in [0.3, 0.4) is 0 Å². The maximum Gasteiger partial charge on any atom is 0.113 e. The van der Waals surface area contributed by atoms with Crippen LogP contribution in [0.25, 0.3) is 0 Å². The number of alkyl halides is 1. The lowest BCUT2D eigenvalue weighted by atomic mass is 10.1. The van der Waals surface area contributed by atoms with Crippen LogP contribution in [0.1, 0.15) is 12.8 Å². The summed E-state index contributed by atoms with van der Waals surface area (Å²) in [6.07, 6.45) is 2.55. The number of piperidine rings is 1. The summed E-state index contributed by atoms with van der Waals surface area (Å²) in [5, 5.41) is 3.29. The molecule has 0 atom stereocenters. The van der Waals surface area contributed by atoms with E-state index in [0.717, 1.165) is 25.9 Å². The SMILES string of the molecule is FCCOCCOCCOC1CCNCC1. The van der Waals surface area contributed by atoms with Crippen molar-refractivity contribution < 1.29 is 18.6 Å². The van der Waals surface area contributed by atoms with Gasteiger partial charge < -0.3 is 19.5 Å². The fourth-order valence-corrected chi connectivity index (χ4v) is 1.61. The van der Waals surface area contributed by atoms with E-state index in [4.69, 9.17) is 14.2 Å². The molecule has 0 bridgehead atoms. The molecule has 1 heterocycles. The highest BCUT2D eigenvalue weighted by Gasteiger charge is 2.12. The quantitative estimate of drug-likeness (QED) is 0.599. The van der Waals surface area contributed by atoms with Gasteiger partial charge in [0.1, 0.15) is 6.67 Å². The largest absolute Gasteiger partial charge is 0.377 e. The Labute approximate surface area is 96.4 Å². The first-order chi connectivity index (χ1) is 7.93. The van der Waals surface area contributed by atoms with Crippen molar-refractivity contribution in [3.63, 3.8) is 0 Å². The van der Waals surface area contributed by atoms with Crippen LogP contribution in [0.4, 0.5) is 4.39 Å². The smallest absolute Gasteiger partial charge is 0.113 e. The van der Waals surface area contributed by atoms with E-state index in [0.29, 0.717) is 32.5 Å². The molecule has 1 aliphatic heterocycles. The molecular weight excluding hydrogens is 213 g/mol. The second-order valence-corrected chi connectivity index (χ2v) is 3.73. The summed E-state index contributed by atoms with van der Waals surface area (Å²) in [7, 11) is 0. The van der Waals surface area contributed by atoms with Gasteiger partial charge in [-0.2, -0.15) is 0 Å². The van der Waals surface area contributed by atoms with Gasteiger partial charge in [-0.15, -0.1) is 0 Å². The number of hydrogen-bond acceptors (Lipinski definition) is 4. The van der Waals surface area contributed by atoms with Gasteiger partial charge >= 0.3 is 0 Å². The molecule has 0 radical (unpaired) electrons. The summed E-state index contributed by atoms with van der Waals surface area (Å²) >= 11 is 0. The summed E-state index contributed by atoms with van der Waals surface area (Å²) < 4.78 is 27.5. The number of halogens is 1. The van der Waals surface area contributed by atoms with Crippen LogP contribution >= 0.6 is 0 Å². The van der Waals surface area contributed by atoms with Crippen LogP contribution in [-0.2, 0) is 14.2 Å². The maximum atomic E-state index is 11.6. The summed E-state index contributed by atoms with van der Waals surface area (Å²) in [4.78, 5) is 0. The Hall–Kier alpha value is -0.230. The highest BCUT2D eigenvalue weighted by molar-refractivity contribution is 4.67. The number of rotatable bonds is 9. The molecule has 1 N–H and O–H groups in total. The topological polar surface area (TPSA) is 39.7 Å². The lowest BCUT2D eigenvalue weighted by Crippen LogP contribution is -2.33. The Balaban J connectivity index is 1.77. The first kappa shape index (κ1) is 13.8. The highest BCUT2D eigenvalue weighted by Crippen LogP contribution is 2.06. The minimum Gasteiger partial charge on any atom is -0.377 e. The Morgan fingerprint density at radius 1 is 0.938 bits per heavy atom. The molecule has 1 saturated heterocycles. The van der Waals surface area contributed by atoms with Crippen LogP contribution in [0.5, 0.6) is 0 Å². The Morgan fingerprint density at radius 3 is 2.25 bits per heavy atom. The standard InChI is InChI=1S/C11H22FNO3/c12-3-6-14-7-8-15-9-10-16-11-1-4-13-5-2-11/h11,13H,1-10H2. The zero-order valence-electron chi connectivity index (χ0n) is 9.75. The average molecular weight is 235 g/mol. The van der Waals surface area contributed by atoms with Gasteiger partial charge in [-0.25, -0.2) is 4.39 Å². The first-order valence-corrected chi connectivity index (χ1v) is 5.97. The third kappa shape index (κ3) is 7.11. The molecule has 0 amide bonds. The third-order valence-electron chi connectivity index (χ3n) is 2.46. The van der Waals surface area contributed by atoms with Crippen LogP contribution < -0.4 is 5.32 Å². The van der Waals surface area contributed by atoms with E-state index in [1.54, 1.807) is 0 Å². The predicted octanol–water partition coefficient (Wildman–Crippen LogP) is 0.758. The minimum atomic E-state index is -0.432. The van der Waals surface area contributed by atoms with Crippen molar-refractivity contribution in [2.45, 2.75) is 18.9 Å². The molecule has 0 unspecified atom stereocenters. The summed E-state index contributed by atoms with van der Waals surface area (Å²) in [5.41, 5.74) is 0. The normalized spacial score (nSPS) is 17.8. The average Bonchev–Trinajstić information content (AvgIpc) is 2.34. The molecule has 1 rings (SSSR count). The van der Waals surface area contributed by atoms with Crippen molar-refractivity contribution >= 4 is 0 Å². The van der Waals surface area contributed by atoms with E-state index >= 15 is 0 Å². The van der Waals surface area contributed by atoms with Gasteiger partial charge in [0, 0.05) is 0 Å². The van der Waals surface area contributed by atoms with Crippen LogP contribution in [-0.4, -0.2) is 58.9 Å². The lowest BCUT2D eigenvalue weighted by molar-refractivity contribution is -0.0204. The van der Waals surface area contributed by atoms with E-state index in [1.807, 2.05) is 0 Å². The predicted molar refractivity (Wildman–Crippen MR) is 59.5 cm³/mol. The van der Waals surface area contributed by atoms with Crippen LogP contribution in [0.15, 0.2) is 0 Å². The van der Waals surface area contributed by atoms with Gasteiger partial charge in [0.15, 0.2) is 0 Å². The number of nitrogens with one attached hydrogen (secondary N) is 1. The van der Waals surface area contributed by atoms with Gasteiger partial charge in [-0.1, -0.05) is 0 Å². The monoisotopic (exact) mass is 235 g/mol. The van der Waals surface area contributed by atoms with Gasteiger partial charge in [0.05, 0.1) is 39.1 Å². The van der Waals surface area contributed by atoms with E-state index in [2.05, 4.69) is 5.32 Å². The second kappa shape index (κ2) is 9.96. The molecule has 5 heteroatoms. The Bertz CT molecular complexity index is 154. The van der Waals surface area contributed by atoms with Crippen molar-refractivity contribution in [3.8, 4) is 0 Å². The maximum absolute atomic E-state index is 11.6. The van der Waals surface area contributed by atoms with Crippen molar-refractivity contribution in [2.75, 3.05) is 52.8 Å². The van der Waals surface area contributed by atoms with E-state index in [9.17, 15) is 4.39 Å². The molecule has 0 spiro atoms. The van der Waals surface area contributed by atoms with Gasteiger partial charge in [0.25, 0.3) is 0 Å². The van der Waals surface area contributed by atoms with Crippen LogP contribution in [0, 0.1) is 0 Å². The molecule has 0 saturated carbocycles. The van der Waals surface area contributed by atoms with Crippen LogP contribution in [0.2, 0.25) is 0 Å². The summed E-state index contributed by atoms with van der Waals surface area (Å²) in [6, 6.07) is 0. The fourth-order valence-electron chi connectivity index (χ4n) is 1.61. The molecule has 1 aliphatic rings. The van der Waals surface area contributed by atoms with Gasteiger partial charge in [-0.3, -0.25) is 0 Å². The zero-order valence-corrected chi connectivity index (χ0v) is 9.75. The molecule has 0 aromatic heterocycles. The summed E-state index contributed by atoms with van der Waals surface area (Å²) in [5.74, 6) is 0. The van der Waals surface area contributed by atoms with E-state index < -0.39 is 6.67 Å². The molecule has 4 nitrogen and oxygen atoms in total. The molecule has 16 heavy (non-hydrogen) atoms. The minimum absolute atomic E-state index is 0.162. The molecular formula is C11H22FNO3. The van der Waals surface area contributed by atoms with Crippen molar-refractivity contribution in [1.82, 2.24) is 5.32 Å². The molecule has 0 aromatic rings. The molecule has 0 aromatic carbocycles. The number of ether oxygens (including phenoxy) is 3. The third-order valence-corrected chi connectivity index (χ3v) is 2.46. The van der Waals surface area contributed by atoms with Gasteiger partial charge in [-0.05, 0) is 25.9 Å². The molecule has 1 fully saturated rings. The number of hydrogen-bond donors (Lipinski definition) is 1. The van der Waals surface area contributed by atoms with Gasteiger partial charge in [0.2, 0.25) is 0 Å². The molecule has 0 aliphatic carbocycles. The zero-order chi connectivity index (χ0) is 11.5. The summed E-state index contributed by atoms with van der Waals surface area (Å²) in [6.45, 7) is 4.00. The van der Waals surface area contributed by atoms with E-state index in [1.165, 1.54) is 0 Å². The van der Waals surface area contributed by atoms with Crippen molar-refractivity contribution in [3.05, 3.63) is 0 Å². The lowest BCUT2D eigenvalue weighted by Gasteiger charge is -2.22. The first-order valence-electron chi connectivity index (χ1n) is 5.97. The Morgan fingerprint density at radius 2 is 1.56 bits per heavy atom. The Kier molecular flexibility index (Phi) is 8.61. The van der Waals surface area contributed by atoms with Crippen molar-refractivity contribution in [2.24, 2.45) is 0 Å². The van der Waals surface area contributed by atoms with E-state index in [-0.39, 0.29) is 6.61 Å². The second-order valence-electron chi connectivity index (χ2n) is 3.73. The van der Waals surface area contributed by atoms with Crippen molar-refractivity contribution in [1.29, 1.82) is 0 Å².